The molecular formula is C18H21NO. The van der Waals surface area contributed by atoms with E-state index >= 15 is 0 Å². The van der Waals surface area contributed by atoms with Gasteiger partial charge in [-0.3, -0.25) is 0 Å². The topological polar surface area (TPSA) is 35.2 Å². The normalized spacial score (nSPS) is 11.0. The molecule has 20 heavy (non-hydrogen) atoms. The average Bonchev–Trinajstić information content (AvgIpc) is 2.42. The lowest BCUT2D eigenvalue weighted by Crippen LogP contribution is -1.92. The summed E-state index contributed by atoms with van der Waals surface area (Å²) in [7, 11) is 1.62. The number of methoxy groups -OCH3 is 1. The van der Waals surface area contributed by atoms with Gasteiger partial charge in [-0.25, -0.2) is 0 Å². The van der Waals surface area contributed by atoms with E-state index in [9.17, 15) is 0 Å². The minimum atomic E-state index is 0.658. The highest BCUT2D eigenvalue weighted by Crippen LogP contribution is 2.23. The fraction of sp³-hybridized carbons (Fsp3) is 0.222. The van der Waals surface area contributed by atoms with E-state index in [4.69, 9.17) is 10.5 Å². The van der Waals surface area contributed by atoms with Crippen LogP contribution in [0, 0.1) is 20.8 Å². The molecule has 0 radical (unpaired) electrons. The van der Waals surface area contributed by atoms with Crippen LogP contribution >= 0.6 is 0 Å². The Balaban J connectivity index is 2.27. The van der Waals surface area contributed by atoms with Gasteiger partial charge in [0, 0.05) is 0 Å². The van der Waals surface area contributed by atoms with Gasteiger partial charge in [-0.2, -0.15) is 0 Å². The molecular weight excluding hydrogens is 246 g/mol. The molecule has 2 nitrogen and oxygen atoms in total. The first-order valence-electron chi connectivity index (χ1n) is 6.70. The number of aryl methyl sites for hydroxylation is 2. The second-order valence-electron chi connectivity index (χ2n) is 5.11. The molecule has 0 aliphatic heterocycles. The van der Waals surface area contributed by atoms with Crippen molar-refractivity contribution in [1.29, 1.82) is 0 Å². The fourth-order valence-corrected chi connectivity index (χ4v) is 2.21. The second kappa shape index (κ2) is 5.83. The highest BCUT2D eigenvalue weighted by atomic mass is 16.5. The summed E-state index contributed by atoms with van der Waals surface area (Å²) >= 11 is 0. The van der Waals surface area contributed by atoms with Crippen LogP contribution in [0.25, 0.3) is 12.2 Å². The standard InChI is InChI=1S/C18H21NO/c1-12-9-16(10-13(2)14(12)3)6-5-15-7-8-18(20-4)17(19)11-15/h5-11H,19H2,1-4H3/b6-5-. The van der Waals surface area contributed by atoms with Crippen molar-refractivity contribution in [2.45, 2.75) is 20.8 Å². The highest BCUT2D eigenvalue weighted by Gasteiger charge is 2.00. The van der Waals surface area contributed by atoms with Crippen LogP contribution in [0.5, 0.6) is 5.75 Å². The van der Waals surface area contributed by atoms with Crippen LogP contribution in [0.1, 0.15) is 27.8 Å². The van der Waals surface area contributed by atoms with E-state index in [0.29, 0.717) is 11.4 Å². The number of hydrogen-bond acceptors (Lipinski definition) is 2. The minimum absolute atomic E-state index is 0.658. The Hall–Kier alpha value is -2.22. The van der Waals surface area contributed by atoms with E-state index < -0.39 is 0 Å². The fourth-order valence-electron chi connectivity index (χ4n) is 2.21. The lowest BCUT2D eigenvalue weighted by molar-refractivity contribution is 0.417. The van der Waals surface area contributed by atoms with Gasteiger partial charge in [0.15, 0.2) is 0 Å². The molecule has 0 atom stereocenters. The molecule has 2 rings (SSSR count). The Bertz CT molecular complexity index is 633. The first-order valence-corrected chi connectivity index (χ1v) is 6.70. The SMILES string of the molecule is COc1ccc(/C=C\c2cc(C)c(C)c(C)c2)cc1N. The van der Waals surface area contributed by atoms with Crippen LogP contribution < -0.4 is 10.5 Å². The predicted octanol–water partition coefficient (Wildman–Crippen LogP) is 4.37. The number of rotatable bonds is 3. The Morgan fingerprint density at radius 3 is 2.05 bits per heavy atom. The van der Waals surface area contributed by atoms with Crippen LogP contribution in [0.4, 0.5) is 5.69 Å². The van der Waals surface area contributed by atoms with Gasteiger partial charge in [0.1, 0.15) is 5.75 Å². The molecule has 0 aliphatic carbocycles. The monoisotopic (exact) mass is 267 g/mol. The maximum absolute atomic E-state index is 5.91. The smallest absolute Gasteiger partial charge is 0.141 e. The molecule has 104 valence electrons. The van der Waals surface area contributed by atoms with Crippen LogP contribution in [0.3, 0.4) is 0 Å². The van der Waals surface area contributed by atoms with Gasteiger partial charge >= 0.3 is 0 Å². The summed E-state index contributed by atoms with van der Waals surface area (Å²) in [5, 5.41) is 0. The highest BCUT2D eigenvalue weighted by molar-refractivity contribution is 5.73. The van der Waals surface area contributed by atoms with Crippen LogP contribution in [0.15, 0.2) is 30.3 Å². The summed E-state index contributed by atoms with van der Waals surface area (Å²) in [6.07, 6.45) is 4.18. The largest absolute Gasteiger partial charge is 0.495 e. The van der Waals surface area contributed by atoms with Gasteiger partial charge in [-0.15, -0.1) is 0 Å². The van der Waals surface area contributed by atoms with Gasteiger partial charge in [-0.05, 0) is 60.7 Å². The minimum Gasteiger partial charge on any atom is -0.495 e. The lowest BCUT2D eigenvalue weighted by Gasteiger charge is -2.07. The molecule has 0 unspecified atom stereocenters. The second-order valence-corrected chi connectivity index (χ2v) is 5.11. The van der Waals surface area contributed by atoms with Crippen molar-refractivity contribution < 1.29 is 4.74 Å². The number of ether oxygens (including phenoxy) is 1. The third-order valence-electron chi connectivity index (χ3n) is 3.67. The van der Waals surface area contributed by atoms with E-state index in [1.165, 1.54) is 22.3 Å². The van der Waals surface area contributed by atoms with Gasteiger partial charge < -0.3 is 10.5 Å². The Kier molecular flexibility index (Phi) is 4.14. The van der Waals surface area contributed by atoms with E-state index in [1.54, 1.807) is 7.11 Å². The maximum Gasteiger partial charge on any atom is 0.141 e. The zero-order chi connectivity index (χ0) is 14.7. The van der Waals surface area contributed by atoms with Crippen molar-refractivity contribution in [2.24, 2.45) is 0 Å². The summed E-state index contributed by atoms with van der Waals surface area (Å²) in [4.78, 5) is 0. The molecule has 0 saturated carbocycles. The van der Waals surface area contributed by atoms with E-state index in [0.717, 1.165) is 5.56 Å². The summed E-state index contributed by atoms with van der Waals surface area (Å²) < 4.78 is 5.16. The van der Waals surface area contributed by atoms with Gasteiger partial charge in [0.25, 0.3) is 0 Å². The summed E-state index contributed by atoms with van der Waals surface area (Å²) in [5.41, 5.74) is 12.8. The molecule has 0 saturated heterocycles. The molecule has 2 N–H and O–H groups in total. The predicted molar refractivity (Wildman–Crippen MR) is 87.0 cm³/mol. The third kappa shape index (κ3) is 3.02. The molecule has 0 spiro atoms. The molecule has 2 heteroatoms. The number of hydrogen-bond donors (Lipinski definition) is 1. The number of nitrogens with two attached hydrogens (primary N) is 1. The first-order chi connectivity index (χ1) is 9.51. The molecule has 2 aromatic rings. The third-order valence-corrected chi connectivity index (χ3v) is 3.67. The number of anilines is 1. The zero-order valence-corrected chi connectivity index (χ0v) is 12.5. The van der Waals surface area contributed by atoms with Crippen molar-refractivity contribution in [3.05, 3.63) is 58.1 Å². The van der Waals surface area contributed by atoms with Gasteiger partial charge in [0.2, 0.25) is 0 Å². The summed E-state index contributed by atoms with van der Waals surface area (Å²) in [6, 6.07) is 10.2. The molecule has 0 amide bonds. The van der Waals surface area contributed by atoms with Crippen LogP contribution in [-0.2, 0) is 0 Å². The summed E-state index contributed by atoms with van der Waals surface area (Å²) in [6.45, 7) is 6.44. The Labute approximate surface area is 120 Å². The lowest BCUT2D eigenvalue weighted by atomic mass is 10.00. The average molecular weight is 267 g/mol. The molecule has 0 aliphatic rings. The van der Waals surface area contributed by atoms with Crippen molar-refractivity contribution in [3.8, 4) is 5.75 Å². The summed E-state index contributed by atoms with van der Waals surface area (Å²) in [5.74, 6) is 0.712. The Morgan fingerprint density at radius 1 is 0.900 bits per heavy atom. The van der Waals surface area contributed by atoms with Crippen LogP contribution in [-0.4, -0.2) is 7.11 Å². The first kappa shape index (κ1) is 14.2. The zero-order valence-electron chi connectivity index (χ0n) is 12.5. The number of nitrogen functional groups attached to an aromatic ring is 1. The van der Waals surface area contributed by atoms with Crippen molar-refractivity contribution in [2.75, 3.05) is 12.8 Å². The van der Waals surface area contributed by atoms with E-state index in [1.807, 2.05) is 18.2 Å². The molecule has 0 aromatic heterocycles. The van der Waals surface area contributed by atoms with Gasteiger partial charge in [0.05, 0.1) is 12.8 Å². The van der Waals surface area contributed by atoms with E-state index in [-0.39, 0.29) is 0 Å². The molecule has 0 bridgehead atoms. The molecule has 2 aromatic carbocycles. The molecule has 0 heterocycles. The van der Waals surface area contributed by atoms with Crippen LogP contribution in [0.2, 0.25) is 0 Å². The Morgan fingerprint density at radius 2 is 1.50 bits per heavy atom. The van der Waals surface area contributed by atoms with Crippen molar-refractivity contribution in [1.82, 2.24) is 0 Å². The molecule has 0 fully saturated rings. The number of benzene rings is 2. The van der Waals surface area contributed by atoms with Crippen molar-refractivity contribution >= 4 is 17.8 Å². The van der Waals surface area contributed by atoms with Crippen molar-refractivity contribution in [3.63, 3.8) is 0 Å². The maximum atomic E-state index is 5.91. The van der Waals surface area contributed by atoms with E-state index in [2.05, 4.69) is 45.1 Å². The van der Waals surface area contributed by atoms with Gasteiger partial charge in [-0.1, -0.05) is 30.4 Å². The quantitative estimate of drug-likeness (QED) is 0.662.